The molecule has 0 saturated heterocycles. The van der Waals surface area contributed by atoms with Gasteiger partial charge in [-0.1, -0.05) is 6.92 Å². The van der Waals surface area contributed by atoms with Gasteiger partial charge < -0.3 is 10.5 Å². The van der Waals surface area contributed by atoms with Crippen molar-refractivity contribution in [2.75, 3.05) is 13.7 Å². The van der Waals surface area contributed by atoms with Gasteiger partial charge in [-0.15, -0.1) is 11.3 Å². The van der Waals surface area contributed by atoms with Crippen LogP contribution in [0.4, 0.5) is 0 Å². The van der Waals surface area contributed by atoms with Crippen molar-refractivity contribution in [3.05, 3.63) is 16.1 Å². The van der Waals surface area contributed by atoms with Crippen molar-refractivity contribution in [1.82, 2.24) is 4.98 Å². The van der Waals surface area contributed by atoms with E-state index in [1.807, 2.05) is 7.11 Å². The maximum Gasteiger partial charge on any atom is 0.125 e. The van der Waals surface area contributed by atoms with Crippen LogP contribution in [0, 0.1) is 5.92 Å². The zero-order chi connectivity index (χ0) is 12.3. The highest BCUT2D eigenvalue weighted by Gasteiger charge is 2.38. The molecule has 1 aliphatic carbocycles. The molecule has 2 rings (SSSR count). The maximum atomic E-state index is 5.82. The van der Waals surface area contributed by atoms with Crippen LogP contribution in [0.15, 0.2) is 5.38 Å². The van der Waals surface area contributed by atoms with Crippen LogP contribution in [0.3, 0.4) is 0 Å². The Morgan fingerprint density at radius 3 is 2.82 bits per heavy atom. The number of thiazole rings is 1. The first-order chi connectivity index (χ1) is 8.20. The highest BCUT2D eigenvalue weighted by molar-refractivity contribution is 7.09. The summed E-state index contributed by atoms with van der Waals surface area (Å²) in [4.78, 5) is 4.71. The monoisotopic (exact) mass is 254 g/mol. The minimum atomic E-state index is -0.121. The zero-order valence-electron chi connectivity index (χ0n) is 10.7. The Balaban J connectivity index is 2.16. The fourth-order valence-corrected chi connectivity index (χ4v) is 3.60. The topological polar surface area (TPSA) is 48.1 Å². The molecule has 1 aliphatic rings. The van der Waals surface area contributed by atoms with Crippen LogP contribution in [-0.2, 0) is 16.8 Å². The van der Waals surface area contributed by atoms with Gasteiger partial charge in [-0.05, 0) is 38.1 Å². The summed E-state index contributed by atoms with van der Waals surface area (Å²) in [5.41, 5.74) is 6.56. The summed E-state index contributed by atoms with van der Waals surface area (Å²) in [6.45, 7) is 2.99. The van der Waals surface area contributed by atoms with Gasteiger partial charge in [0.05, 0.1) is 5.69 Å². The van der Waals surface area contributed by atoms with Crippen LogP contribution in [0.1, 0.15) is 43.3 Å². The van der Waals surface area contributed by atoms with Crippen LogP contribution >= 0.6 is 11.3 Å². The highest BCUT2D eigenvalue weighted by atomic mass is 32.1. The number of hydrogen-bond donors (Lipinski definition) is 1. The molecule has 1 aromatic rings. The third kappa shape index (κ3) is 2.69. The summed E-state index contributed by atoms with van der Waals surface area (Å²) in [5.74, 6) is 0.821. The highest BCUT2D eigenvalue weighted by Crippen LogP contribution is 2.43. The number of ether oxygens (including phenoxy) is 1. The van der Waals surface area contributed by atoms with E-state index >= 15 is 0 Å². The molecule has 1 heterocycles. The molecule has 0 amide bonds. The molecule has 1 aromatic heterocycles. The van der Waals surface area contributed by atoms with E-state index in [1.54, 1.807) is 11.3 Å². The molecule has 1 fully saturated rings. The summed E-state index contributed by atoms with van der Waals surface area (Å²) in [5, 5.41) is 3.27. The second-order valence-electron chi connectivity index (χ2n) is 5.06. The van der Waals surface area contributed by atoms with E-state index in [2.05, 4.69) is 12.3 Å². The molecular formula is C13H22N2OS. The minimum Gasteiger partial charge on any atom is -0.371 e. The Morgan fingerprint density at radius 2 is 2.24 bits per heavy atom. The molecule has 0 unspecified atom stereocenters. The lowest BCUT2D eigenvalue weighted by Crippen LogP contribution is -2.33. The summed E-state index contributed by atoms with van der Waals surface area (Å²) in [6.07, 6.45) is 5.53. The Bertz CT molecular complexity index is 356. The molecule has 3 nitrogen and oxygen atoms in total. The molecule has 2 N–H and O–H groups in total. The Labute approximate surface area is 107 Å². The van der Waals surface area contributed by atoms with Gasteiger partial charge >= 0.3 is 0 Å². The quantitative estimate of drug-likeness (QED) is 0.898. The molecule has 0 spiro atoms. The number of aromatic nitrogens is 1. The van der Waals surface area contributed by atoms with Crippen LogP contribution in [0.5, 0.6) is 0 Å². The molecule has 96 valence electrons. The second kappa shape index (κ2) is 5.46. The van der Waals surface area contributed by atoms with E-state index < -0.39 is 0 Å². The Hall–Kier alpha value is -0.450. The predicted molar refractivity (Wildman–Crippen MR) is 71.2 cm³/mol. The summed E-state index contributed by atoms with van der Waals surface area (Å²) in [6, 6.07) is 0. The molecule has 17 heavy (non-hydrogen) atoms. The van der Waals surface area contributed by atoms with Crippen LogP contribution in [0.2, 0.25) is 0 Å². The van der Waals surface area contributed by atoms with Crippen molar-refractivity contribution in [1.29, 1.82) is 0 Å². The van der Waals surface area contributed by atoms with Crippen molar-refractivity contribution >= 4 is 11.3 Å². The number of rotatable bonds is 4. The zero-order valence-corrected chi connectivity index (χ0v) is 11.6. The van der Waals surface area contributed by atoms with E-state index in [0.717, 1.165) is 35.9 Å². The molecule has 0 radical (unpaired) electrons. The third-order valence-corrected chi connectivity index (χ3v) is 4.89. The summed E-state index contributed by atoms with van der Waals surface area (Å²) >= 11 is 1.73. The third-order valence-electron chi connectivity index (χ3n) is 3.81. The number of nitrogens with two attached hydrogens (primary N) is 1. The van der Waals surface area contributed by atoms with Gasteiger partial charge in [-0.25, -0.2) is 4.98 Å². The largest absolute Gasteiger partial charge is 0.371 e. The SMILES string of the molecule is COC1(c2nc(CCN)cs2)CCC(C)CC1. The smallest absolute Gasteiger partial charge is 0.125 e. The summed E-state index contributed by atoms with van der Waals surface area (Å²) in [7, 11) is 1.82. The number of hydrogen-bond acceptors (Lipinski definition) is 4. The molecular weight excluding hydrogens is 232 g/mol. The van der Waals surface area contributed by atoms with Gasteiger partial charge in [0.1, 0.15) is 10.6 Å². The fraction of sp³-hybridized carbons (Fsp3) is 0.769. The number of nitrogens with zero attached hydrogens (tertiary/aromatic N) is 1. The first-order valence-corrected chi connectivity index (χ1v) is 7.28. The Kier molecular flexibility index (Phi) is 4.17. The first kappa shape index (κ1) is 13.0. The minimum absolute atomic E-state index is 0.121. The van der Waals surface area contributed by atoms with Gasteiger partial charge in [0, 0.05) is 18.9 Å². The van der Waals surface area contributed by atoms with Crippen molar-refractivity contribution in [2.45, 2.75) is 44.6 Å². The van der Waals surface area contributed by atoms with Gasteiger partial charge in [0.25, 0.3) is 0 Å². The van der Waals surface area contributed by atoms with Crippen LogP contribution in [0.25, 0.3) is 0 Å². The van der Waals surface area contributed by atoms with E-state index in [4.69, 9.17) is 15.5 Å². The molecule has 0 atom stereocenters. The molecule has 1 saturated carbocycles. The van der Waals surface area contributed by atoms with Gasteiger partial charge in [-0.3, -0.25) is 0 Å². The molecule has 0 aromatic carbocycles. The molecule has 0 aliphatic heterocycles. The average Bonchev–Trinajstić information content (AvgIpc) is 2.80. The second-order valence-corrected chi connectivity index (χ2v) is 5.92. The maximum absolute atomic E-state index is 5.82. The normalized spacial score (nSPS) is 29.5. The standard InChI is InChI=1S/C13H22N2OS/c1-10-3-6-13(16-2,7-4-10)12-15-11(5-8-14)9-17-12/h9-10H,3-8,14H2,1-2H3. The van der Waals surface area contributed by atoms with Crippen LogP contribution < -0.4 is 5.73 Å². The van der Waals surface area contributed by atoms with Gasteiger partial charge in [0.15, 0.2) is 0 Å². The van der Waals surface area contributed by atoms with Gasteiger partial charge in [-0.2, -0.15) is 0 Å². The van der Waals surface area contributed by atoms with Crippen molar-refractivity contribution in [3.63, 3.8) is 0 Å². The fourth-order valence-electron chi connectivity index (χ4n) is 2.51. The molecule has 4 heteroatoms. The molecule has 0 bridgehead atoms. The predicted octanol–water partition coefficient (Wildman–Crippen LogP) is 2.70. The average molecular weight is 254 g/mol. The van der Waals surface area contributed by atoms with E-state index in [1.165, 1.54) is 12.8 Å². The van der Waals surface area contributed by atoms with Crippen LogP contribution in [-0.4, -0.2) is 18.6 Å². The summed E-state index contributed by atoms with van der Waals surface area (Å²) < 4.78 is 5.82. The first-order valence-electron chi connectivity index (χ1n) is 6.40. The van der Waals surface area contributed by atoms with Crippen molar-refractivity contribution in [3.8, 4) is 0 Å². The van der Waals surface area contributed by atoms with E-state index in [0.29, 0.717) is 6.54 Å². The lowest BCUT2D eigenvalue weighted by molar-refractivity contribution is -0.0531. The van der Waals surface area contributed by atoms with Crippen molar-refractivity contribution in [2.24, 2.45) is 11.7 Å². The number of methoxy groups -OCH3 is 1. The van der Waals surface area contributed by atoms with Crippen molar-refractivity contribution < 1.29 is 4.74 Å². The van der Waals surface area contributed by atoms with Gasteiger partial charge in [0.2, 0.25) is 0 Å². The van der Waals surface area contributed by atoms with E-state index in [9.17, 15) is 0 Å². The lowest BCUT2D eigenvalue weighted by atomic mass is 9.80. The Morgan fingerprint density at radius 1 is 1.53 bits per heavy atom. The lowest BCUT2D eigenvalue weighted by Gasteiger charge is -2.36. The van der Waals surface area contributed by atoms with E-state index in [-0.39, 0.29) is 5.60 Å².